The summed E-state index contributed by atoms with van der Waals surface area (Å²) in [5.74, 6) is 0. The number of hydrogen-bond acceptors (Lipinski definition) is 1. The van der Waals surface area contributed by atoms with E-state index in [1.807, 2.05) is 18.2 Å². The molecule has 0 fully saturated rings. The second-order valence-electron chi connectivity index (χ2n) is 2.83. The maximum atomic E-state index is 10.7. The van der Waals surface area contributed by atoms with Crippen molar-refractivity contribution in [2.75, 3.05) is 0 Å². The molecule has 1 atom stereocenters. The Kier molecular flexibility index (Phi) is 6.77. The maximum Gasteiger partial charge on any atom is 1.00 e. The van der Waals surface area contributed by atoms with Crippen LogP contribution in [-0.2, 0) is 6.42 Å². The van der Waals surface area contributed by atoms with Crippen LogP contribution in [0.2, 0.25) is 0 Å². The average Bonchev–Trinajstić information content (AvgIpc) is 2.03. The first-order valence-electron chi connectivity index (χ1n) is 3.99. The van der Waals surface area contributed by atoms with Crippen LogP contribution in [0, 0.1) is 0 Å². The molecule has 1 unspecified atom stereocenters. The molecule has 0 heterocycles. The normalized spacial score (nSPS) is 11.8. The van der Waals surface area contributed by atoms with Crippen molar-refractivity contribution in [2.24, 2.45) is 0 Å². The van der Waals surface area contributed by atoms with E-state index in [0.29, 0.717) is 0 Å². The van der Waals surface area contributed by atoms with Crippen LogP contribution >= 0.6 is 0 Å². The molecule has 0 N–H and O–H groups in total. The number of aryl methyl sites for hydroxylation is 1. The van der Waals surface area contributed by atoms with E-state index in [9.17, 15) is 5.11 Å². The minimum absolute atomic E-state index is 0. The van der Waals surface area contributed by atoms with Crippen molar-refractivity contribution in [1.29, 1.82) is 0 Å². The predicted octanol–water partition coefficient (Wildman–Crippen LogP) is -1.63. The van der Waals surface area contributed by atoms with Gasteiger partial charge >= 0.3 is 29.6 Å². The smallest absolute Gasteiger partial charge is 0.852 e. The quantitative estimate of drug-likeness (QED) is 0.502. The Balaban J connectivity index is 0.00000121. The SMILES string of the molecule is CC([O-])CCc1ccccc1.[Na+]. The molecular formula is C10H13NaO. The fourth-order valence-corrected chi connectivity index (χ4v) is 1.01. The largest absolute Gasteiger partial charge is 1.00 e. The molecule has 12 heavy (non-hydrogen) atoms. The van der Waals surface area contributed by atoms with E-state index in [0.717, 1.165) is 12.8 Å². The summed E-state index contributed by atoms with van der Waals surface area (Å²) in [4.78, 5) is 0. The molecule has 1 aromatic rings. The molecule has 1 aromatic carbocycles. The molecule has 0 bridgehead atoms. The Morgan fingerprint density at radius 1 is 1.25 bits per heavy atom. The molecule has 0 radical (unpaired) electrons. The van der Waals surface area contributed by atoms with Crippen molar-refractivity contribution in [3.05, 3.63) is 35.9 Å². The van der Waals surface area contributed by atoms with Gasteiger partial charge < -0.3 is 5.11 Å². The summed E-state index contributed by atoms with van der Waals surface area (Å²) >= 11 is 0. The van der Waals surface area contributed by atoms with E-state index in [2.05, 4.69) is 12.1 Å². The summed E-state index contributed by atoms with van der Waals surface area (Å²) in [5.41, 5.74) is 1.26. The molecule has 0 amide bonds. The van der Waals surface area contributed by atoms with Gasteiger partial charge in [0, 0.05) is 0 Å². The molecule has 0 aliphatic carbocycles. The first-order valence-corrected chi connectivity index (χ1v) is 3.99. The standard InChI is InChI=1S/C10H13O.Na/c1-9(11)7-8-10-5-3-2-4-6-10;/h2-6,9H,7-8H2,1H3;/q-1;+1. The minimum Gasteiger partial charge on any atom is -0.852 e. The predicted molar refractivity (Wildman–Crippen MR) is 44.2 cm³/mol. The molecule has 0 saturated heterocycles. The fourth-order valence-electron chi connectivity index (χ4n) is 1.01. The zero-order chi connectivity index (χ0) is 8.10. The monoisotopic (exact) mass is 172 g/mol. The summed E-state index contributed by atoms with van der Waals surface area (Å²) in [6, 6.07) is 10.1. The average molecular weight is 172 g/mol. The van der Waals surface area contributed by atoms with Crippen molar-refractivity contribution in [1.82, 2.24) is 0 Å². The van der Waals surface area contributed by atoms with Crippen LogP contribution in [0.3, 0.4) is 0 Å². The molecule has 2 heteroatoms. The molecule has 0 saturated carbocycles. The van der Waals surface area contributed by atoms with Crippen molar-refractivity contribution in [3.8, 4) is 0 Å². The van der Waals surface area contributed by atoms with Gasteiger partial charge in [-0.25, -0.2) is 0 Å². The van der Waals surface area contributed by atoms with Gasteiger partial charge in [0.25, 0.3) is 0 Å². The van der Waals surface area contributed by atoms with Crippen molar-refractivity contribution in [2.45, 2.75) is 25.9 Å². The van der Waals surface area contributed by atoms with Crippen LogP contribution in [0.1, 0.15) is 18.9 Å². The van der Waals surface area contributed by atoms with E-state index < -0.39 is 6.10 Å². The maximum absolute atomic E-state index is 10.7. The zero-order valence-corrected chi connectivity index (χ0v) is 9.79. The molecule has 0 aromatic heterocycles. The number of benzene rings is 1. The van der Waals surface area contributed by atoms with Gasteiger partial charge in [-0.3, -0.25) is 0 Å². The number of hydrogen-bond donors (Lipinski definition) is 0. The summed E-state index contributed by atoms with van der Waals surface area (Å²) in [7, 11) is 0. The first kappa shape index (κ1) is 12.2. The Labute approximate surface area is 96.1 Å². The summed E-state index contributed by atoms with van der Waals surface area (Å²) in [6.07, 6.45) is 1.21. The van der Waals surface area contributed by atoms with Gasteiger partial charge in [-0.1, -0.05) is 43.7 Å². The topological polar surface area (TPSA) is 23.1 Å². The molecule has 0 spiro atoms. The second kappa shape index (κ2) is 6.67. The minimum atomic E-state index is -0.435. The Hall–Kier alpha value is 0.180. The third-order valence-electron chi connectivity index (χ3n) is 1.68. The van der Waals surface area contributed by atoms with Crippen LogP contribution in [0.15, 0.2) is 30.3 Å². The third kappa shape index (κ3) is 4.94. The van der Waals surface area contributed by atoms with Gasteiger partial charge in [0.2, 0.25) is 0 Å². The van der Waals surface area contributed by atoms with E-state index in [4.69, 9.17) is 0 Å². The van der Waals surface area contributed by atoms with E-state index in [-0.39, 0.29) is 29.6 Å². The van der Waals surface area contributed by atoms with Gasteiger partial charge in [-0.2, -0.15) is 0 Å². The fraction of sp³-hybridized carbons (Fsp3) is 0.400. The van der Waals surface area contributed by atoms with E-state index in [1.54, 1.807) is 6.92 Å². The molecule has 60 valence electrons. The van der Waals surface area contributed by atoms with Gasteiger partial charge in [0.05, 0.1) is 0 Å². The van der Waals surface area contributed by atoms with Gasteiger partial charge in [0.15, 0.2) is 0 Å². The Morgan fingerprint density at radius 2 is 1.83 bits per heavy atom. The Morgan fingerprint density at radius 3 is 2.33 bits per heavy atom. The van der Waals surface area contributed by atoms with Crippen molar-refractivity contribution >= 4 is 0 Å². The van der Waals surface area contributed by atoms with Gasteiger partial charge in [-0.15, -0.1) is 6.10 Å². The van der Waals surface area contributed by atoms with Crippen LogP contribution in [0.5, 0.6) is 0 Å². The van der Waals surface area contributed by atoms with E-state index in [1.165, 1.54) is 5.56 Å². The molecule has 0 aliphatic heterocycles. The van der Waals surface area contributed by atoms with Gasteiger partial charge in [0.1, 0.15) is 0 Å². The Bertz CT molecular complexity index is 196. The zero-order valence-electron chi connectivity index (χ0n) is 7.79. The number of rotatable bonds is 3. The summed E-state index contributed by atoms with van der Waals surface area (Å²) in [5, 5.41) is 10.7. The summed E-state index contributed by atoms with van der Waals surface area (Å²) < 4.78 is 0. The summed E-state index contributed by atoms with van der Waals surface area (Å²) in [6.45, 7) is 1.71. The molecule has 1 rings (SSSR count). The molecule has 0 aliphatic rings. The van der Waals surface area contributed by atoms with Crippen molar-refractivity contribution in [3.63, 3.8) is 0 Å². The van der Waals surface area contributed by atoms with Crippen LogP contribution in [-0.4, -0.2) is 6.10 Å². The second-order valence-corrected chi connectivity index (χ2v) is 2.83. The van der Waals surface area contributed by atoms with Crippen LogP contribution in [0.25, 0.3) is 0 Å². The van der Waals surface area contributed by atoms with Gasteiger partial charge in [-0.05, 0) is 12.0 Å². The van der Waals surface area contributed by atoms with Crippen molar-refractivity contribution < 1.29 is 34.7 Å². The van der Waals surface area contributed by atoms with E-state index >= 15 is 0 Å². The third-order valence-corrected chi connectivity index (χ3v) is 1.68. The van der Waals surface area contributed by atoms with Crippen LogP contribution < -0.4 is 34.7 Å². The van der Waals surface area contributed by atoms with Crippen LogP contribution in [0.4, 0.5) is 0 Å². The molecule has 1 nitrogen and oxygen atoms in total. The first-order chi connectivity index (χ1) is 5.29. The molecular weight excluding hydrogens is 159 g/mol.